The Morgan fingerprint density at radius 2 is 1.78 bits per heavy atom. The Balaban J connectivity index is 1.72. The highest BCUT2D eigenvalue weighted by atomic mass is 35.5. The Kier molecular flexibility index (Phi) is 6.53. The summed E-state index contributed by atoms with van der Waals surface area (Å²) in [5.41, 5.74) is 8.15. The van der Waals surface area contributed by atoms with Crippen molar-refractivity contribution in [3.63, 3.8) is 0 Å². The quantitative estimate of drug-likeness (QED) is 0.792. The van der Waals surface area contributed by atoms with E-state index in [9.17, 15) is 4.79 Å². The predicted octanol–water partition coefficient (Wildman–Crippen LogP) is 3.84. The fourth-order valence-corrected chi connectivity index (χ4v) is 4.08. The molecular weight excluding hydrogens is 360 g/mol. The lowest BCUT2D eigenvalue weighted by atomic mass is 9.74. The van der Waals surface area contributed by atoms with Gasteiger partial charge in [0.25, 0.3) is 0 Å². The van der Waals surface area contributed by atoms with Crippen LogP contribution in [0.2, 0.25) is 5.02 Å². The maximum Gasteiger partial charge on any atom is 0.224 e. The van der Waals surface area contributed by atoms with Crippen LogP contribution in [0, 0.1) is 5.92 Å². The molecule has 1 fully saturated rings. The first-order valence-electron chi connectivity index (χ1n) is 9.44. The topological polar surface area (TPSA) is 64.3 Å². The van der Waals surface area contributed by atoms with Gasteiger partial charge in [0.2, 0.25) is 5.91 Å². The van der Waals surface area contributed by atoms with Gasteiger partial charge in [-0.15, -0.1) is 0 Å². The molecule has 4 nitrogen and oxygen atoms in total. The lowest BCUT2D eigenvalue weighted by Crippen LogP contribution is -2.47. The Labute approximate surface area is 166 Å². The summed E-state index contributed by atoms with van der Waals surface area (Å²) in [5, 5.41) is 3.87. The second-order valence-electron chi connectivity index (χ2n) is 7.32. The molecule has 144 valence electrons. The molecule has 2 unspecified atom stereocenters. The van der Waals surface area contributed by atoms with E-state index < -0.39 is 0 Å². The molecule has 0 radical (unpaired) electrons. The van der Waals surface area contributed by atoms with E-state index in [0.717, 1.165) is 29.0 Å². The van der Waals surface area contributed by atoms with Crippen molar-refractivity contribution in [1.82, 2.24) is 5.32 Å². The monoisotopic (exact) mass is 386 g/mol. The van der Waals surface area contributed by atoms with Gasteiger partial charge in [0.15, 0.2) is 0 Å². The Bertz CT molecular complexity index is 760. The average molecular weight is 387 g/mol. The highest BCUT2D eigenvalue weighted by molar-refractivity contribution is 6.31. The number of carbonyl (C=O) groups is 1. The number of benzene rings is 2. The molecule has 3 N–H and O–H groups in total. The predicted molar refractivity (Wildman–Crippen MR) is 109 cm³/mol. The summed E-state index contributed by atoms with van der Waals surface area (Å²) in [6.45, 7) is 3.74. The maximum atomic E-state index is 12.8. The lowest BCUT2D eigenvalue weighted by Gasteiger charge is -2.38. The van der Waals surface area contributed by atoms with Crippen molar-refractivity contribution in [3.8, 4) is 0 Å². The molecule has 27 heavy (non-hydrogen) atoms. The van der Waals surface area contributed by atoms with Crippen molar-refractivity contribution in [2.75, 3.05) is 19.8 Å². The molecule has 3 rings (SSSR count). The van der Waals surface area contributed by atoms with E-state index in [1.807, 2.05) is 55.5 Å². The summed E-state index contributed by atoms with van der Waals surface area (Å²) in [6.07, 6.45) is 1.66. The average Bonchev–Trinajstić information content (AvgIpc) is 2.72. The van der Waals surface area contributed by atoms with E-state index >= 15 is 0 Å². The lowest BCUT2D eigenvalue weighted by molar-refractivity contribution is -0.125. The number of rotatable bonds is 6. The number of nitrogens with one attached hydrogen (secondary N) is 1. The van der Waals surface area contributed by atoms with Crippen molar-refractivity contribution >= 4 is 17.5 Å². The Morgan fingerprint density at radius 3 is 2.44 bits per heavy atom. The molecule has 0 aromatic heterocycles. The summed E-state index contributed by atoms with van der Waals surface area (Å²) in [5.74, 6) is -0.361. The Morgan fingerprint density at radius 1 is 1.15 bits per heavy atom. The molecule has 1 amide bonds. The summed E-state index contributed by atoms with van der Waals surface area (Å²) in [6, 6.07) is 17.3. The molecule has 1 aliphatic rings. The van der Waals surface area contributed by atoms with Crippen LogP contribution in [0.3, 0.4) is 0 Å². The van der Waals surface area contributed by atoms with Gasteiger partial charge >= 0.3 is 0 Å². The highest BCUT2D eigenvalue weighted by Gasteiger charge is 2.37. The number of hydrogen-bond acceptors (Lipinski definition) is 3. The van der Waals surface area contributed by atoms with Crippen molar-refractivity contribution in [2.24, 2.45) is 11.7 Å². The fraction of sp³-hybridized carbons (Fsp3) is 0.409. The Hall–Kier alpha value is -1.88. The van der Waals surface area contributed by atoms with Gasteiger partial charge in [0, 0.05) is 36.2 Å². The third kappa shape index (κ3) is 4.52. The molecule has 0 spiro atoms. The summed E-state index contributed by atoms with van der Waals surface area (Å²) in [4.78, 5) is 12.8. The SMILES string of the molecule is CC(C(=O)NCC1(c2ccccc2Cl)CCOCC1)C(N)c1ccccc1. The van der Waals surface area contributed by atoms with Crippen LogP contribution in [0.25, 0.3) is 0 Å². The first-order valence-corrected chi connectivity index (χ1v) is 9.82. The van der Waals surface area contributed by atoms with E-state index in [-0.39, 0.29) is 23.3 Å². The normalized spacial score (nSPS) is 18.5. The smallest absolute Gasteiger partial charge is 0.224 e. The zero-order valence-electron chi connectivity index (χ0n) is 15.7. The summed E-state index contributed by atoms with van der Waals surface area (Å²) < 4.78 is 5.56. The minimum absolute atomic E-state index is 0.0377. The van der Waals surface area contributed by atoms with E-state index in [4.69, 9.17) is 22.1 Å². The van der Waals surface area contributed by atoms with Gasteiger partial charge < -0.3 is 15.8 Å². The molecule has 1 heterocycles. The first kappa shape index (κ1) is 19.9. The third-order valence-corrected chi connectivity index (χ3v) is 5.96. The molecular formula is C22H27ClN2O2. The van der Waals surface area contributed by atoms with Gasteiger partial charge in [-0.1, -0.05) is 67.1 Å². The van der Waals surface area contributed by atoms with E-state index in [0.29, 0.717) is 19.8 Å². The van der Waals surface area contributed by atoms with Crippen molar-refractivity contribution in [1.29, 1.82) is 0 Å². The van der Waals surface area contributed by atoms with Gasteiger partial charge in [0.1, 0.15) is 0 Å². The standard InChI is InChI=1S/C22H27ClN2O2/c1-16(20(24)17-7-3-2-4-8-17)21(26)25-15-22(11-13-27-14-12-22)18-9-5-6-10-19(18)23/h2-10,16,20H,11-15,24H2,1H3,(H,25,26). The molecule has 0 saturated carbocycles. The molecule has 2 atom stereocenters. The van der Waals surface area contributed by atoms with Crippen LogP contribution in [0.5, 0.6) is 0 Å². The van der Waals surface area contributed by atoms with Crippen LogP contribution >= 0.6 is 11.6 Å². The second-order valence-corrected chi connectivity index (χ2v) is 7.72. The second kappa shape index (κ2) is 8.87. The highest BCUT2D eigenvalue weighted by Crippen LogP contribution is 2.38. The number of ether oxygens (including phenoxy) is 1. The molecule has 1 aliphatic heterocycles. The zero-order chi connectivity index (χ0) is 19.3. The third-order valence-electron chi connectivity index (χ3n) is 5.63. The molecule has 2 aromatic rings. The fourth-order valence-electron chi connectivity index (χ4n) is 3.74. The van der Waals surface area contributed by atoms with Crippen molar-refractivity contribution < 1.29 is 9.53 Å². The number of hydrogen-bond donors (Lipinski definition) is 2. The number of amides is 1. The number of halogens is 1. The van der Waals surface area contributed by atoms with Gasteiger partial charge in [0.05, 0.1) is 5.92 Å². The molecule has 0 aliphatic carbocycles. The molecule has 1 saturated heterocycles. The van der Waals surface area contributed by atoms with Gasteiger partial charge in [-0.3, -0.25) is 4.79 Å². The number of carbonyl (C=O) groups excluding carboxylic acids is 1. The van der Waals surface area contributed by atoms with Crippen LogP contribution in [-0.2, 0) is 14.9 Å². The number of nitrogens with two attached hydrogens (primary N) is 1. The van der Waals surface area contributed by atoms with E-state index in [1.54, 1.807) is 0 Å². The minimum Gasteiger partial charge on any atom is -0.381 e. The van der Waals surface area contributed by atoms with Gasteiger partial charge in [-0.2, -0.15) is 0 Å². The maximum absolute atomic E-state index is 12.8. The molecule has 5 heteroatoms. The molecule has 0 bridgehead atoms. The van der Waals surface area contributed by atoms with Gasteiger partial charge in [-0.25, -0.2) is 0 Å². The van der Waals surface area contributed by atoms with Crippen LogP contribution in [0.4, 0.5) is 0 Å². The van der Waals surface area contributed by atoms with Crippen molar-refractivity contribution in [3.05, 3.63) is 70.7 Å². The molecule has 2 aromatic carbocycles. The minimum atomic E-state index is -0.336. The van der Waals surface area contributed by atoms with Crippen LogP contribution in [0.15, 0.2) is 54.6 Å². The van der Waals surface area contributed by atoms with Crippen LogP contribution in [0.1, 0.15) is 36.9 Å². The van der Waals surface area contributed by atoms with E-state index in [1.165, 1.54) is 0 Å². The van der Waals surface area contributed by atoms with Crippen LogP contribution < -0.4 is 11.1 Å². The first-order chi connectivity index (χ1) is 13.0. The largest absolute Gasteiger partial charge is 0.381 e. The van der Waals surface area contributed by atoms with Crippen LogP contribution in [-0.4, -0.2) is 25.7 Å². The van der Waals surface area contributed by atoms with Crippen molar-refractivity contribution in [2.45, 2.75) is 31.2 Å². The van der Waals surface area contributed by atoms with E-state index in [2.05, 4.69) is 11.4 Å². The summed E-state index contributed by atoms with van der Waals surface area (Å²) >= 11 is 6.48. The zero-order valence-corrected chi connectivity index (χ0v) is 16.4. The van der Waals surface area contributed by atoms with Gasteiger partial charge in [-0.05, 0) is 30.0 Å². The summed E-state index contributed by atoms with van der Waals surface area (Å²) in [7, 11) is 0.